The average Bonchev–Trinajstić information content (AvgIpc) is 2.73. The maximum atomic E-state index is 14.6. The highest BCUT2D eigenvalue weighted by Gasteiger charge is 2.24. The highest BCUT2D eigenvalue weighted by molar-refractivity contribution is 7.92. The molecule has 1 N–H and O–H groups in total. The van der Waals surface area contributed by atoms with E-state index in [9.17, 15) is 22.5 Å². The van der Waals surface area contributed by atoms with Crippen LogP contribution in [0, 0.1) is 23.0 Å². The van der Waals surface area contributed by atoms with Crippen LogP contribution in [0.25, 0.3) is 10.9 Å². The number of aryl methyl sites for hydroxylation is 1. The topological polar surface area (TPSA) is 109 Å². The van der Waals surface area contributed by atoms with Crippen LogP contribution in [-0.2, 0) is 17.1 Å². The molecule has 0 unspecified atom stereocenters. The number of benzene rings is 2. The third-order valence-corrected chi connectivity index (χ3v) is 5.93. The zero-order valence-corrected chi connectivity index (χ0v) is 18.5. The van der Waals surface area contributed by atoms with Crippen LogP contribution in [-0.4, -0.2) is 30.3 Å². The molecular weight excluding hydrogens is 440 g/mol. The molecule has 0 fully saturated rings. The van der Waals surface area contributed by atoms with Crippen molar-refractivity contribution in [1.29, 1.82) is 5.26 Å². The fraction of sp³-hybridized carbons (Fsp3) is 0.286. The summed E-state index contributed by atoms with van der Waals surface area (Å²) in [5, 5.41) is 10.2. The molecule has 3 rings (SSSR count). The predicted molar refractivity (Wildman–Crippen MR) is 116 cm³/mol. The summed E-state index contributed by atoms with van der Waals surface area (Å²) in [6, 6.07) is 6.83. The van der Waals surface area contributed by atoms with Crippen molar-refractivity contribution in [3.8, 4) is 17.6 Å². The van der Waals surface area contributed by atoms with Gasteiger partial charge in [-0.3, -0.25) is 9.71 Å². The van der Waals surface area contributed by atoms with E-state index in [0.29, 0.717) is 29.0 Å². The third kappa shape index (κ3) is 4.70. The summed E-state index contributed by atoms with van der Waals surface area (Å²) < 4.78 is 62.5. The second-order valence-corrected chi connectivity index (χ2v) is 8.73. The molecule has 3 aromatic rings. The van der Waals surface area contributed by atoms with E-state index in [4.69, 9.17) is 4.74 Å². The Labute approximate surface area is 183 Å². The van der Waals surface area contributed by atoms with E-state index in [-0.39, 0.29) is 17.9 Å². The Morgan fingerprint density at radius 3 is 2.66 bits per heavy atom. The molecule has 168 valence electrons. The predicted octanol–water partition coefficient (Wildman–Crippen LogP) is 3.59. The van der Waals surface area contributed by atoms with E-state index >= 15 is 0 Å². The Kier molecular flexibility index (Phi) is 6.74. The largest absolute Gasteiger partial charge is 0.453 e. The third-order valence-electron chi connectivity index (χ3n) is 4.47. The van der Waals surface area contributed by atoms with Crippen LogP contribution in [0.3, 0.4) is 0 Å². The normalized spacial score (nSPS) is 12.1. The number of anilines is 1. The van der Waals surface area contributed by atoms with Crippen LogP contribution in [0.15, 0.2) is 35.6 Å². The standard InChI is InChI=1S/C21H21F2N5O3S/c1-4-8-32(29,30)27-19-15(11-24)20(17(23)10-16(19)22)31-13-6-7-18-14(9-13)21(25-5-2)28(3)12-26-18/h6-7,9-10,12,27H,4-5,8H2,1-3H3. The summed E-state index contributed by atoms with van der Waals surface area (Å²) in [5.74, 6) is -3.10. The Morgan fingerprint density at radius 2 is 2.00 bits per heavy atom. The number of halogens is 2. The van der Waals surface area contributed by atoms with Gasteiger partial charge in [0, 0.05) is 25.0 Å². The van der Waals surface area contributed by atoms with Gasteiger partial charge in [0.25, 0.3) is 0 Å². The fourth-order valence-electron chi connectivity index (χ4n) is 3.11. The molecule has 0 spiro atoms. The molecule has 0 atom stereocenters. The number of rotatable bonds is 7. The zero-order chi connectivity index (χ0) is 23.5. The highest BCUT2D eigenvalue weighted by Crippen LogP contribution is 2.36. The molecule has 11 heteroatoms. The summed E-state index contributed by atoms with van der Waals surface area (Å²) >= 11 is 0. The summed E-state index contributed by atoms with van der Waals surface area (Å²) in [7, 11) is -2.16. The molecule has 0 bridgehead atoms. The van der Waals surface area contributed by atoms with E-state index < -0.39 is 38.7 Å². The lowest BCUT2D eigenvalue weighted by molar-refractivity contribution is 0.437. The molecule has 2 aromatic carbocycles. The zero-order valence-electron chi connectivity index (χ0n) is 17.7. The molecule has 0 saturated heterocycles. The lowest BCUT2D eigenvalue weighted by Crippen LogP contribution is -2.19. The van der Waals surface area contributed by atoms with Gasteiger partial charge in [-0.2, -0.15) is 5.26 Å². The summed E-state index contributed by atoms with van der Waals surface area (Å²) in [5.41, 5.74) is -0.0165. The lowest BCUT2D eigenvalue weighted by atomic mass is 10.1. The quantitative estimate of drug-likeness (QED) is 0.578. The fourth-order valence-corrected chi connectivity index (χ4v) is 4.26. The van der Waals surface area contributed by atoms with Crippen LogP contribution in [0.4, 0.5) is 14.5 Å². The molecule has 0 saturated carbocycles. The number of aromatic nitrogens is 2. The van der Waals surface area contributed by atoms with Crippen LogP contribution in [0.2, 0.25) is 0 Å². The number of nitrogens with zero attached hydrogens (tertiary/aromatic N) is 4. The van der Waals surface area contributed by atoms with E-state index in [0.717, 1.165) is 0 Å². The number of hydrogen-bond donors (Lipinski definition) is 1. The summed E-state index contributed by atoms with van der Waals surface area (Å²) in [6.07, 6.45) is 1.89. The summed E-state index contributed by atoms with van der Waals surface area (Å²) in [4.78, 5) is 8.73. The number of hydrogen-bond acceptors (Lipinski definition) is 6. The Bertz CT molecular complexity index is 1400. The van der Waals surface area contributed by atoms with Gasteiger partial charge in [0.15, 0.2) is 17.4 Å². The molecular formula is C21H21F2N5O3S. The van der Waals surface area contributed by atoms with Crippen LogP contribution < -0.4 is 14.9 Å². The molecule has 32 heavy (non-hydrogen) atoms. The van der Waals surface area contributed by atoms with Crippen LogP contribution in [0.1, 0.15) is 25.8 Å². The molecule has 0 aliphatic heterocycles. The van der Waals surface area contributed by atoms with Gasteiger partial charge in [-0.15, -0.1) is 0 Å². The molecule has 0 amide bonds. The number of nitriles is 1. The first-order chi connectivity index (χ1) is 15.2. The number of ether oxygens (including phenoxy) is 1. The van der Waals surface area contributed by atoms with E-state index in [1.54, 1.807) is 43.1 Å². The van der Waals surface area contributed by atoms with E-state index in [1.807, 2.05) is 11.6 Å². The van der Waals surface area contributed by atoms with Gasteiger partial charge in [-0.1, -0.05) is 6.92 Å². The SMILES string of the molecule is CCCS(=O)(=O)Nc1c(F)cc(F)c(Oc2ccc3ncn(C)c(=NCC)c3c2)c1C#N. The van der Waals surface area contributed by atoms with E-state index in [2.05, 4.69) is 9.98 Å². The van der Waals surface area contributed by atoms with Gasteiger partial charge in [0.2, 0.25) is 10.0 Å². The van der Waals surface area contributed by atoms with Crippen molar-refractivity contribution in [3.63, 3.8) is 0 Å². The smallest absolute Gasteiger partial charge is 0.232 e. The van der Waals surface area contributed by atoms with Gasteiger partial charge in [-0.05, 0) is 31.5 Å². The first kappa shape index (κ1) is 23.1. The van der Waals surface area contributed by atoms with Crippen LogP contribution >= 0.6 is 0 Å². The minimum absolute atomic E-state index is 0.141. The molecule has 1 heterocycles. The van der Waals surface area contributed by atoms with Gasteiger partial charge in [0.1, 0.15) is 28.6 Å². The molecule has 8 nitrogen and oxygen atoms in total. The van der Waals surface area contributed by atoms with Crippen molar-refractivity contribution in [2.75, 3.05) is 17.0 Å². The Morgan fingerprint density at radius 1 is 1.25 bits per heavy atom. The second-order valence-electron chi connectivity index (χ2n) is 6.89. The minimum Gasteiger partial charge on any atom is -0.453 e. The maximum Gasteiger partial charge on any atom is 0.232 e. The molecule has 0 aliphatic carbocycles. The molecule has 0 aliphatic rings. The van der Waals surface area contributed by atoms with Gasteiger partial charge >= 0.3 is 0 Å². The number of fused-ring (bicyclic) bond motifs is 1. The van der Waals surface area contributed by atoms with Crippen molar-refractivity contribution in [2.45, 2.75) is 20.3 Å². The van der Waals surface area contributed by atoms with Crippen molar-refractivity contribution in [3.05, 3.63) is 53.3 Å². The van der Waals surface area contributed by atoms with Gasteiger partial charge in [0.05, 0.1) is 17.6 Å². The Balaban J connectivity index is 2.14. The van der Waals surface area contributed by atoms with Crippen molar-refractivity contribution in [1.82, 2.24) is 9.55 Å². The number of sulfonamides is 1. The van der Waals surface area contributed by atoms with Crippen LogP contribution in [0.5, 0.6) is 11.5 Å². The maximum absolute atomic E-state index is 14.6. The monoisotopic (exact) mass is 461 g/mol. The van der Waals surface area contributed by atoms with Crippen molar-refractivity contribution >= 4 is 26.6 Å². The average molecular weight is 461 g/mol. The molecule has 1 aromatic heterocycles. The second kappa shape index (κ2) is 9.32. The minimum atomic E-state index is -3.93. The van der Waals surface area contributed by atoms with Crippen molar-refractivity contribution < 1.29 is 21.9 Å². The number of nitrogens with one attached hydrogen (secondary N) is 1. The Hall–Kier alpha value is -3.52. The molecule has 0 radical (unpaired) electrons. The van der Waals surface area contributed by atoms with Gasteiger partial charge in [-0.25, -0.2) is 22.2 Å². The summed E-state index contributed by atoms with van der Waals surface area (Å²) in [6.45, 7) is 4.03. The first-order valence-electron chi connectivity index (χ1n) is 9.77. The lowest BCUT2D eigenvalue weighted by Gasteiger charge is -2.15. The first-order valence-corrected chi connectivity index (χ1v) is 11.4. The van der Waals surface area contributed by atoms with E-state index in [1.165, 1.54) is 6.07 Å². The highest BCUT2D eigenvalue weighted by atomic mass is 32.2. The van der Waals surface area contributed by atoms with Gasteiger partial charge < -0.3 is 9.30 Å². The van der Waals surface area contributed by atoms with Crippen molar-refractivity contribution in [2.24, 2.45) is 12.0 Å².